The van der Waals surface area contributed by atoms with Crippen LogP contribution in [-0.2, 0) is 4.79 Å². The Morgan fingerprint density at radius 2 is 1.82 bits per heavy atom. The van der Waals surface area contributed by atoms with Gasteiger partial charge in [0.05, 0.1) is 35.3 Å². The predicted molar refractivity (Wildman–Crippen MR) is 145 cm³/mol. The Labute approximate surface area is 231 Å². The minimum Gasteiger partial charge on any atom is -0.494 e. The second-order valence-corrected chi connectivity index (χ2v) is 9.88. The zero-order chi connectivity index (χ0) is 27.8. The number of fused-ring (bicyclic) bond motifs is 1. The van der Waals surface area contributed by atoms with Gasteiger partial charge < -0.3 is 19.5 Å². The topological polar surface area (TPSA) is 152 Å². The Bertz CT molecular complexity index is 1740. The van der Waals surface area contributed by atoms with Gasteiger partial charge in [0.1, 0.15) is 23.7 Å². The number of ether oxygens (including phenoxy) is 1. The van der Waals surface area contributed by atoms with E-state index in [9.17, 15) is 14.4 Å². The van der Waals surface area contributed by atoms with E-state index < -0.39 is 11.7 Å². The first-order valence-corrected chi connectivity index (χ1v) is 13.2. The molecule has 1 saturated heterocycles. The van der Waals surface area contributed by atoms with Gasteiger partial charge in [0.2, 0.25) is 5.78 Å². The summed E-state index contributed by atoms with van der Waals surface area (Å²) in [6.07, 6.45) is 7.71. The molecule has 6 rings (SSSR count). The van der Waals surface area contributed by atoms with E-state index in [1.807, 2.05) is 4.90 Å². The Kier molecular flexibility index (Phi) is 6.51. The third kappa shape index (κ3) is 4.37. The number of nitrogens with zero attached hydrogens (tertiary/aromatic N) is 8. The number of aromatic amines is 1. The van der Waals surface area contributed by atoms with E-state index in [1.165, 1.54) is 46.7 Å². The number of methoxy groups -OCH3 is 1. The molecule has 0 atom stereocenters. The molecule has 0 spiro atoms. The van der Waals surface area contributed by atoms with Crippen LogP contribution in [0.5, 0.6) is 5.75 Å². The SMILES string of the molecule is COc1cnc(-n2cnc(C)n2)c2[nH]cc(C(=O)C(=O)N3CCN(c4ncccc4C(=O)c4nccs4)CC3)c12. The number of anilines is 1. The first-order valence-electron chi connectivity index (χ1n) is 12.4. The first-order chi connectivity index (χ1) is 19.5. The van der Waals surface area contributed by atoms with Gasteiger partial charge in [0.15, 0.2) is 10.8 Å². The van der Waals surface area contributed by atoms with Crippen molar-refractivity contribution in [2.24, 2.45) is 0 Å². The van der Waals surface area contributed by atoms with Gasteiger partial charge in [-0.15, -0.1) is 11.3 Å². The summed E-state index contributed by atoms with van der Waals surface area (Å²) in [6.45, 7) is 3.15. The van der Waals surface area contributed by atoms with Crippen molar-refractivity contribution < 1.29 is 19.1 Å². The van der Waals surface area contributed by atoms with E-state index in [4.69, 9.17) is 4.74 Å². The quantitative estimate of drug-likeness (QED) is 0.232. The van der Waals surface area contributed by atoms with Crippen molar-refractivity contribution in [3.63, 3.8) is 0 Å². The molecule has 0 aromatic carbocycles. The van der Waals surface area contributed by atoms with Crippen LogP contribution in [0.1, 0.15) is 31.5 Å². The van der Waals surface area contributed by atoms with Crippen molar-refractivity contribution in [1.29, 1.82) is 0 Å². The summed E-state index contributed by atoms with van der Waals surface area (Å²) < 4.78 is 6.96. The molecule has 1 amide bonds. The number of Topliss-reactive ketones (excluding diaryl/α,β-unsaturated/α-hetero) is 1. The van der Waals surface area contributed by atoms with Crippen LogP contribution in [0.2, 0.25) is 0 Å². The van der Waals surface area contributed by atoms with E-state index in [1.54, 1.807) is 36.8 Å². The highest BCUT2D eigenvalue weighted by Crippen LogP contribution is 2.32. The third-order valence-corrected chi connectivity index (χ3v) is 7.43. The van der Waals surface area contributed by atoms with Gasteiger partial charge in [-0.1, -0.05) is 0 Å². The molecule has 1 fully saturated rings. The van der Waals surface area contributed by atoms with Crippen LogP contribution in [-0.4, -0.2) is 90.4 Å². The minimum atomic E-state index is -0.664. The summed E-state index contributed by atoms with van der Waals surface area (Å²) in [5, 5.41) is 6.88. The van der Waals surface area contributed by atoms with Crippen molar-refractivity contribution >= 4 is 45.5 Å². The maximum absolute atomic E-state index is 13.5. The molecule has 1 aliphatic heterocycles. The highest BCUT2D eigenvalue weighted by atomic mass is 32.1. The van der Waals surface area contributed by atoms with Gasteiger partial charge in [0.25, 0.3) is 11.7 Å². The van der Waals surface area contributed by atoms with E-state index in [0.29, 0.717) is 57.8 Å². The molecule has 14 heteroatoms. The smallest absolute Gasteiger partial charge is 0.295 e. The van der Waals surface area contributed by atoms with Crippen LogP contribution in [0.4, 0.5) is 5.82 Å². The number of thiazole rings is 1. The number of hydrogen-bond donors (Lipinski definition) is 1. The molecular formula is C26H23N9O4S. The van der Waals surface area contributed by atoms with Gasteiger partial charge in [-0.25, -0.2) is 24.6 Å². The number of hydrogen-bond acceptors (Lipinski definition) is 11. The zero-order valence-corrected chi connectivity index (χ0v) is 22.4. The van der Waals surface area contributed by atoms with Crippen molar-refractivity contribution in [2.45, 2.75) is 6.92 Å². The molecular weight excluding hydrogens is 534 g/mol. The van der Waals surface area contributed by atoms with Crippen LogP contribution in [0.25, 0.3) is 16.7 Å². The number of carbonyl (C=O) groups excluding carboxylic acids is 3. The normalized spacial score (nSPS) is 13.6. The van der Waals surface area contributed by atoms with Crippen molar-refractivity contribution in [2.75, 3.05) is 38.2 Å². The fourth-order valence-corrected chi connectivity index (χ4v) is 5.31. The standard InChI is InChI=1S/C26H23N9O4S/c1-15-31-14-35(32-15)24-20-19(18(39-2)13-30-24)17(12-29-20)22(37)26(38)34-9-7-33(8-10-34)23-16(4-3-5-27-23)21(36)25-28-6-11-40-25/h3-6,11-14,29H,7-10H2,1-2H3. The number of pyridine rings is 2. The minimum absolute atomic E-state index is 0.181. The van der Waals surface area contributed by atoms with Crippen molar-refractivity contribution in [1.82, 2.24) is 39.6 Å². The highest BCUT2D eigenvalue weighted by Gasteiger charge is 2.31. The van der Waals surface area contributed by atoms with Crippen molar-refractivity contribution in [3.05, 3.63) is 70.6 Å². The largest absolute Gasteiger partial charge is 0.494 e. The van der Waals surface area contributed by atoms with Gasteiger partial charge >= 0.3 is 0 Å². The molecule has 40 heavy (non-hydrogen) atoms. The number of ketones is 2. The molecule has 5 aromatic rings. The van der Waals surface area contributed by atoms with E-state index in [2.05, 4.69) is 30.0 Å². The van der Waals surface area contributed by atoms with Crippen molar-refractivity contribution in [3.8, 4) is 11.6 Å². The molecule has 13 nitrogen and oxygen atoms in total. The monoisotopic (exact) mass is 557 g/mol. The predicted octanol–water partition coefficient (Wildman–Crippen LogP) is 2.07. The molecule has 0 radical (unpaired) electrons. The van der Waals surface area contributed by atoms with E-state index >= 15 is 0 Å². The molecule has 0 bridgehead atoms. The highest BCUT2D eigenvalue weighted by molar-refractivity contribution is 7.11. The number of nitrogens with one attached hydrogen (secondary N) is 1. The van der Waals surface area contributed by atoms with E-state index in [-0.39, 0.29) is 24.4 Å². The lowest BCUT2D eigenvalue weighted by Gasteiger charge is -2.35. The van der Waals surface area contributed by atoms with Crippen LogP contribution < -0.4 is 9.64 Å². The number of aryl methyl sites for hydroxylation is 1. The van der Waals surface area contributed by atoms with Gasteiger partial charge in [-0.05, 0) is 19.1 Å². The second-order valence-electron chi connectivity index (χ2n) is 8.99. The lowest BCUT2D eigenvalue weighted by atomic mass is 10.1. The van der Waals surface area contributed by atoms with Crippen LogP contribution in [0.3, 0.4) is 0 Å². The lowest BCUT2D eigenvalue weighted by Crippen LogP contribution is -2.51. The van der Waals surface area contributed by atoms with Crippen LogP contribution in [0, 0.1) is 6.92 Å². The Balaban J connectivity index is 1.22. The molecule has 202 valence electrons. The number of carbonyl (C=O) groups is 3. The maximum atomic E-state index is 13.5. The van der Waals surface area contributed by atoms with Crippen LogP contribution >= 0.6 is 11.3 Å². The molecule has 1 aliphatic rings. The second kappa shape index (κ2) is 10.3. The Morgan fingerprint density at radius 1 is 1.00 bits per heavy atom. The number of amides is 1. The summed E-state index contributed by atoms with van der Waals surface area (Å²) >= 11 is 1.27. The zero-order valence-electron chi connectivity index (χ0n) is 21.6. The molecule has 6 heterocycles. The maximum Gasteiger partial charge on any atom is 0.295 e. The Hall–Kier alpha value is -4.98. The number of piperazine rings is 1. The molecule has 0 aliphatic carbocycles. The summed E-state index contributed by atoms with van der Waals surface area (Å²) in [5.74, 6) is 0.384. The van der Waals surface area contributed by atoms with Gasteiger partial charge in [-0.3, -0.25) is 14.4 Å². The number of H-pyrrole nitrogens is 1. The Morgan fingerprint density at radius 3 is 2.52 bits per heavy atom. The number of aromatic nitrogens is 7. The van der Waals surface area contributed by atoms with Gasteiger partial charge in [0, 0.05) is 50.1 Å². The summed E-state index contributed by atoms with van der Waals surface area (Å²) in [6, 6.07) is 3.44. The summed E-state index contributed by atoms with van der Waals surface area (Å²) in [7, 11) is 1.48. The van der Waals surface area contributed by atoms with E-state index in [0.717, 1.165) is 0 Å². The van der Waals surface area contributed by atoms with Crippen LogP contribution in [0.15, 0.2) is 48.6 Å². The molecule has 0 saturated carbocycles. The first kappa shape index (κ1) is 25.3. The lowest BCUT2D eigenvalue weighted by molar-refractivity contribution is -0.126. The van der Waals surface area contributed by atoms with Gasteiger partial charge in [-0.2, -0.15) is 5.10 Å². The third-order valence-electron chi connectivity index (χ3n) is 6.66. The molecule has 0 unspecified atom stereocenters. The fraction of sp³-hybridized carbons (Fsp3) is 0.231. The number of rotatable bonds is 7. The summed E-state index contributed by atoms with van der Waals surface area (Å²) in [4.78, 5) is 63.4. The molecule has 5 aromatic heterocycles. The fourth-order valence-electron chi connectivity index (χ4n) is 4.72. The summed E-state index contributed by atoms with van der Waals surface area (Å²) in [5.41, 5.74) is 1.13. The average Bonchev–Trinajstić information content (AvgIpc) is 3.77. The average molecular weight is 558 g/mol. The molecule has 1 N–H and O–H groups in total.